The van der Waals surface area contributed by atoms with E-state index in [0.29, 0.717) is 34.4 Å². The number of phenolic OH excluding ortho intramolecular Hbond substituents is 1. The number of phenols is 1. The van der Waals surface area contributed by atoms with E-state index in [2.05, 4.69) is 93.1 Å². The van der Waals surface area contributed by atoms with Gasteiger partial charge in [0.25, 0.3) is 0 Å². The SMILES string of the molecule is CN(CCCn1nnc2cc(CNC[C@H](O[Si](C)(C)C(C)(C)C)c3ccc(O)c4[nH]c(=O)ccc34)c3c(c21)CCC3)[C@H]1CC[C@H](OC(=O)[C@](O)(c2cccs2)c2ccc(Br)s2)CC1. The number of thiophene rings is 2. The van der Waals surface area contributed by atoms with E-state index in [-0.39, 0.29) is 28.6 Å². The summed E-state index contributed by atoms with van der Waals surface area (Å²) in [6.45, 7) is 14.1. The van der Waals surface area contributed by atoms with Crippen LogP contribution in [0.1, 0.15) is 97.4 Å². The molecular formula is C47H59BrN6O6S2Si. The fourth-order valence-corrected chi connectivity index (χ4v) is 12.7. The molecule has 16 heteroatoms. The largest absolute Gasteiger partial charge is 0.506 e. The van der Waals surface area contributed by atoms with E-state index < -0.39 is 19.9 Å². The summed E-state index contributed by atoms with van der Waals surface area (Å²) in [4.78, 5) is 32.2. The van der Waals surface area contributed by atoms with E-state index >= 15 is 0 Å². The van der Waals surface area contributed by atoms with Crippen LogP contribution in [0.2, 0.25) is 18.1 Å². The Hall–Kier alpha value is -3.74. The molecule has 63 heavy (non-hydrogen) atoms. The Morgan fingerprint density at radius 1 is 1.08 bits per heavy atom. The number of ether oxygens (including phenoxy) is 1. The fraction of sp³-hybridized carbons (Fsp3) is 0.489. The lowest BCUT2D eigenvalue weighted by Crippen LogP contribution is -2.43. The summed E-state index contributed by atoms with van der Waals surface area (Å²) in [6.07, 6.45) is 6.88. The highest BCUT2D eigenvalue weighted by Crippen LogP contribution is 2.43. The predicted octanol–water partition coefficient (Wildman–Crippen LogP) is 9.32. The van der Waals surface area contributed by atoms with Crippen LogP contribution in [0.5, 0.6) is 5.75 Å². The van der Waals surface area contributed by atoms with Crippen LogP contribution in [0, 0.1) is 0 Å². The van der Waals surface area contributed by atoms with Gasteiger partial charge in [-0.2, -0.15) is 0 Å². The lowest BCUT2D eigenvalue weighted by atomic mass is 9.91. The molecule has 0 saturated heterocycles. The Labute approximate surface area is 386 Å². The van der Waals surface area contributed by atoms with E-state index in [4.69, 9.17) is 9.16 Å². The summed E-state index contributed by atoms with van der Waals surface area (Å²) < 4.78 is 16.0. The van der Waals surface area contributed by atoms with Crippen LogP contribution in [0.25, 0.3) is 21.9 Å². The van der Waals surface area contributed by atoms with Crippen molar-refractivity contribution in [3.8, 4) is 5.75 Å². The van der Waals surface area contributed by atoms with Gasteiger partial charge in [0.05, 0.1) is 30.7 Å². The van der Waals surface area contributed by atoms with Crippen molar-refractivity contribution in [1.29, 1.82) is 0 Å². The van der Waals surface area contributed by atoms with Crippen molar-refractivity contribution in [1.82, 2.24) is 30.2 Å². The van der Waals surface area contributed by atoms with Crippen molar-refractivity contribution in [2.24, 2.45) is 0 Å². The average Bonchev–Trinajstić information content (AvgIpc) is 4.09. The van der Waals surface area contributed by atoms with Crippen molar-refractivity contribution in [2.45, 2.75) is 127 Å². The van der Waals surface area contributed by atoms with Gasteiger partial charge in [-0.3, -0.25) is 4.79 Å². The number of esters is 1. The first kappa shape index (κ1) is 45.8. The highest BCUT2D eigenvalue weighted by molar-refractivity contribution is 9.11. The van der Waals surface area contributed by atoms with Crippen LogP contribution in [-0.2, 0) is 45.5 Å². The number of pyridine rings is 1. The Morgan fingerprint density at radius 3 is 2.57 bits per heavy atom. The number of aliphatic hydroxyl groups is 1. The minimum atomic E-state index is -2.23. The number of nitrogens with zero attached hydrogens (tertiary/aromatic N) is 4. The van der Waals surface area contributed by atoms with Crippen LogP contribution in [0.4, 0.5) is 0 Å². The second kappa shape index (κ2) is 18.6. The smallest absolute Gasteiger partial charge is 0.349 e. The normalized spacial score (nSPS) is 18.6. The van der Waals surface area contributed by atoms with Crippen LogP contribution in [0.3, 0.4) is 0 Å². The van der Waals surface area contributed by atoms with Crippen LogP contribution in [0.15, 0.2) is 68.6 Å². The predicted molar refractivity (Wildman–Crippen MR) is 257 cm³/mol. The number of carbonyl (C=O) groups excluding carboxylic acids is 1. The minimum absolute atomic E-state index is 0.0133. The molecule has 4 N–H and O–H groups in total. The highest BCUT2D eigenvalue weighted by atomic mass is 79.9. The van der Waals surface area contributed by atoms with Crippen molar-refractivity contribution in [3.63, 3.8) is 0 Å². The van der Waals surface area contributed by atoms with Gasteiger partial charge in [-0.15, -0.1) is 27.8 Å². The molecule has 336 valence electrons. The molecule has 0 bridgehead atoms. The van der Waals surface area contributed by atoms with Gasteiger partial charge in [-0.05, 0) is 163 Å². The number of aryl methyl sites for hydroxylation is 2. The van der Waals surface area contributed by atoms with Gasteiger partial charge in [-0.1, -0.05) is 38.1 Å². The molecule has 2 aliphatic carbocycles. The van der Waals surface area contributed by atoms with Crippen molar-refractivity contribution in [3.05, 3.63) is 106 Å². The minimum Gasteiger partial charge on any atom is -0.506 e. The number of hydrogen-bond acceptors (Lipinski definition) is 12. The molecule has 4 heterocycles. The zero-order chi connectivity index (χ0) is 44.7. The molecule has 0 spiro atoms. The topological polar surface area (TPSA) is 155 Å². The summed E-state index contributed by atoms with van der Waals surface area (Å²) in [5.41, 5.74) is 5.34. The van der Waals surface area contributed by atoms with Crippen LogP contribution >= 0.6 is 38.6 Å². The molecule has 1 saturated carbocycles. The second-order valence-corrected chi connectivity index (χ2v) is 26.9. The monoisotopic (exact) mass is 974 g/mol. The number of rotatable bonds is 16. The molecule has 2 aromatic carbocycles. The molecule has 0 aliphatic heterocycles. The molecule has 2 aliphatic rings. The lowest BCUT2D eigenvalue weighted by molar-refractivity contribution is -0.169. The van der Waals surface area contributed by atoms with E-state index in [9.17, 15) is 19.8 Å². The third-order valence-electron chi connectivity index (χ3n) is 13.6. The van der Waals surface area contributed by atoms with E-state index in [1.807, 2.05) is 23.6 Å². The van der Waals surface area contributed by atoms with Gasteiger partial charge < -0.3 is 34.6 Å². The molecule has 0 amide bonds. The first-order chi connectivity index (χ1) is 30.0. The average molecular weight is 976 g/mol. The summed E-state index contributed by atoms with van der Waals surface area (Å²) >= 11 is 6.17. The summed E-state index contributed by atoms with van der Waals surface area (Å²) in [6, 6.07) is 16.7. The number of fused-ring (bicyclic) bond motifs is 4. The maximum atomic E-state index is 13.6. The Morgan fingerprint density at radius 2 is 1.86 bits per heavy atom. The number of nitrogens with one attached hydrogen (secondary N) is 2. The molecule has 2 atom stereocenters. The number of aromatic amines is 1. The van der Waals surface area contributed by atoms with Gasteiger partial charge in [-0.25, -0.2) is 9.48 Å². The maximum Gasteiger partial charge on any atom is 0.349 e. The van der Waals surface area contributed by atoms with Crippen LogP contribution < -0.4 is 10.9 Å². The first-order valence-electron chi connectivity index (χ1n) is 22.1. The van der Waals surface area contributed by atoms with Gasteiger partial charge in [0.15, 0.2) is 8.32 Å². The van der Waals surface area contributed by atoms with Gasteiger partial charge >= 0.3 is 5.97 Å². The third-order valence-corrected chi connectivity index (χ3v) is 20.8. The lowest BCUT2D eigenvalue weighted by Gasteiger charge is -2.39. The number of halogens is 1. The number of carbonyl (C=O) groups is 1. The van der Waals surface area contributed by atoms with Gasteiger partial charge in [0.1, 0.15) is 17.4 Å². The number of benzene rings is 2. The quantitative estimate of drug-likeness (QED) is 0.0545. The van der Waals surface area contributed by atoms with Gasteiger partial charge in [0.2, 0.25) is 11.2 Å². The Kier molecular flexibility index (Phi) is 13.5. The number of aromatic hydroxyl groups is 1. The third kappa shape index (κ3) is 9.51. The number of aromatic nitrogens is 4. The molecule has 12 nitrogen and oxygen atoms in total. The first-order valence-corrected chi connectivity index (χ1v) is 27.5. The van der Waals surface area contributed by atoms with E-state index in [1.165, 1.54) is 45.4 Å². The molecule has 0 radical (unpaired) electrons. The summed E-state index contributed by atoms with van der Waals surface area (Å²) in [7, 11) is -0.0402. The number of hydrogen-bond donors (Lipinski definition) is 4. The standard InChI is InChI=1S/C47H59BrN6O6S2Si/c1-46(2,3)63(5,6)60-38(33-17-19-37(55)43-34(33)18-22-42(56)50-43)28-49-27-29-26-36-44(35-11-7-10-32(29)35)54(52-51-36)24-9-23-53(4)30-13-15-31(16-14-30)59-45(57)47(58,39-12-8-25-61-39)40-20-21-41(48)62-40/h8,12,17-22,25-26,30-31,38,49,55,58H,7,9-11,13-16,23-24,27-28H2,1-6H3,(H,50,56)/t30-,31-,38-,47-/m0/s1. The zero-order valence-electron chi connectivity index (χ0n) is 37.0. The van der Waals surface area contributed by atoms with Crippen molar-refractivity contribution < 1.29 is 24.2 Å². The van der Waals surface area contributed by atoms with Crippen molar-refractivity contribution in [2.75, 3.05) is 20.1 Å². The zero-order valence-corrected chi connectivity index (χ0v) is 41.2. The van der Waals surface area contributed by atoms with Crippen LogP contribution in [-0.4, -0.2) is 81.7 Å². The molecule has 6 aromatic rings. The molecule has 4 aromatic heterocycles. The number of H-pyrrole nitrogens is 1. The van der Waals surface area contributed by atoms with E-state index in [1.54, 1.807) is 24.3 Å². The second-order valence-electron chi connectivity index (χ2n) is 18.8. The molecule has 0 unspecified atom stereocenters. The van der Waals surface area contributed by atoms with Crippen molar-refractivity contribution >= 4 is 74.8 Å². The molecule has 8 rings (SSSR count). The Balaban J connectivity index is 0.885. The molecular weight excluding hydrogens is 917 g/mol. The Bertz CT molecular complexity index is 2630. The highest BCUT2D eigenvalue weighted by Gasteiger charge is 2.45. The molecule has 1 fully saturated rings. The fourth-order valence-electron chi connectivity index (χ4n) is 9.09. The maximum absolute atomic E-state index is 13.6. The summed E-state index contributed by atoms with van der Waals surface area (Å²) in [5, 5.41) is 38.1. The van der Waals surface area contributed by atoms with E-state index in [0.717, 1.165) is 90.2 Å². The van der Waals surface area contributed by atoms with Gasteiger partial charge in [0, 0.05) is 37.1 Å². The summed E-state index contributed by atoms with van der Waals surface area (Å²) in [5.74, 6) is -0.565.